The molecule has 1 aromatic carbocycles. The number of methoxy groups -OCH3 is 1. The highest BCUT2D eigenvalue weighted by atomic mass is 32.2. The molecule has 9 nitrogen and oxygen atoms in total. The Morgan fingerprint density at radius 1 is 1.38 bits per heavy atom. The first-order valence-electron chi connectivity index (χ1n) is 6.02. The molecule has 0 atom stereocenters. The number of halogens is 3. The summed E-state index contributed by atoms with van der Waals surface area (Å²) in [6.07, 6.45) is -4.30. The molecule has 0 saturated carbocycles. The molecule has 0 spiro atoms. The van der Waals surface area contributed by atoms with Crippen molar-refractivity contribution < 1.29 is 31.2 Å². The van der Waals surface area contributed by atoms with E-state index >= 15 is 0 Å². The number of nitro groups is 1. The number of aromatic nitrogens is 2. The van der Waals surface area contributed by atoms with Crippen molar-refractivity contribution >= 4 is 21.7 Å². The summed E-state index contributed by atoms with van der Waals surface area (Å²) in [5, 5.41) is 10.7. The Bertz CT molecular complexity index is 878. The molecule has 24 heavy (non-hydrogen) atoms. The number of benzene rings is 1. The van der Waals surface area contributed by atoms with E-state index in [9.17, 15) is 31.7 Å². The van der Waals surface area contributed by atoms with E-state index in [1.165, 1.54) is 0 Å². The third-order valence-electron chi connectivity index (χ3n) is 2.76. The lowest BCUT2D eigenvalue weighted by atomic mass is 10.3. The number of alkyl halides is 3. The second-order valence-corrected chi connectivity index (χ2v) is 5.99. The Kier molecular flexibility index (Phi) is 4.38. The molecule has 0 aliphatic heterocycles. The van der Waals surface area contributed by atoms with Crippen LogP contribution in [0.5, 0.6) is 5.75 Å². The van der Waals surface area contributed by atoms with Gasteiger partial charge in [-0.15, -0.1) is 0 Å². The Morgan fingerprint density at radius 2 is 2.04 bits per heavy atom. The van der Waals surface area contributed by atoms with E-state index in [0.29, 0.717) is 6.20 Å². The van der Waals surface area contributed by atoms with Crippen molar-refractivity contribution in [3.8, 4) is 5.75 Å². The molecule has 1 heterocycles. The number of imidazole rings is 1. The molecule has 0 aliphatic rings. The molecule has 0 unspecified atom stereocenters. The van der Waals surface area contributed by atoms with Crippen LogP contribution in [0.1, 0.15) is 5.69 Å². The zero-order chi connectivity index (χ0) is 18.1. The number of sulfonamides is 1. The summed E-state index contributed by atoms with van der Waals surface area (Å²) in [5.41, 5.74) is -1.65. The zero-order valence-electron chi connectivity index (χ0n) is 11.8. The Labute approximate surface area is 132 Å². The molecular formula is C11H9F3N4O5S. The molecule has 0 amide bonds. The molecule has 1 aromatic heterocycles. The number of anilines is 1. The van der Waals surface area contributed by atoms with E-state index in [4.69, 9.17) is 4.74 Å². The molecule has 0 aliphatic carbocycles. The van der Waals surface area contributed by atoms with Gasteiger partial charge in [-0.25, -0.2) is 18.1 Å². The van der Waals surface area contributed by atoms with Gasteiger partial charge in [0.15, 0.2) is 0 Å². The molecule has 0 saturated heterocycles. The first-order chi connectivity index (χ1) is 11.0. The third-order valence-corrected chi connectivity index (χ3v) is 4.14. The van der Waals surface area contributed by atoms with E-state index in [1.807, 2.05) is 0 Å². The largest absolute Gasteiger partial charge is 0.495 e. The Hall–Kier alpha value is -2.83. The molecule has 2 aromatic rings. The number of rotatable bonds is 5. The summed E-state index contributed by atoms with van der Waals surface area (Å²) in [4.78, 5) is 14.5. The molecule has 13 heteroatoms. The summed E-state index contributed by atoms with van der Waals surface area (Å²) in [7, 11) is -3.30. The van der Waals surface area contributed by atoms with Gasteiger partial charge < -0.3 is 9.72 Å². The lowest BCUT2D eigenvalue weighted by Gasteiger charge is -2.10. The fourth-order valence-electron chi connectivity index (χ4n) is 1.69. The van der Waals surface area contributed by atoms with Crippen LogP contribution in [0.25, 0.3) is 0 Å². The van der Waals surface area contributed by atoms with Gasteiger partial charge >= 0.3 is 6.18 Å². The minimum atomic E-state index is -4.72. The monoisotopic (exact) mass is 366 g/mol. The van der Waals surface area contributed by atoms with E-state index in [0.717, 1.165) is 25.3 Å². The second-order valence-electron chi connectivity index (χ2n) is 4.34. The number of nitro benzene ring substituents is 1. The van der Waals surface area contributed by atoms with Crippen LogP contribution < -0.4 is 9.46 Å². The van der Waals surface area contributed by atoms with Crippen LogP contribution in [-0.2, 0) is 16.2 Å². The summed E-state index contributed by atoms with van der Waals surface area (Å²) in [6, 6.07) is 2.69. The average molecular weight is 366 g/mol. The number of ether oxygens (including phenoxy) is 1. The maximum absolute atomic E-state index is 12.5. The van der Waals surface area contributed by atoms with Crippen molar-refractivity contribution in [3.05, 3.63) is 40.2 Å². The summed E-state index contributed by atoms with van der Waals surface area (Å²) in [5.74, 6) is -1.01. The van der Waals surface area contributed by atoms with Crippen LogP contribution in [0.2, 0.25) is 0 Å². The van der Waals surface area contributed by atoms with Crippen LogP contribution in [0.3, 0.4) is 0 Å². The van der Waals surface area contributed by atoms with Gasteiger partial charge in [-0.05, 0) is 6.07 Å². The number of H-pyrrole nitrogens is 1. The Balaban J connectivity index is 2.37. The van der Waals surface area contributed by atoms with Crippen molar-refractivity contribution in [2.24, 2.45) is 0 Å². The molecule has 0 fully saturated rings. The van der Waals surface area contributed by atoms with Crippen LogP contribution in [0, 0.1) is 10.1 Å². The van der Waals surface area contributed by atoms with Gasteiger partial charge in [-0.1, -0.05) is 0 Å². The van der Waals surface area contributed by atoms with Crippen molar-refractivity contribution in [1.82, 2.24) is 9.97 Å². The average Bonchev–Trinajstić information content (AvgIpc) is 2.94. The third kappa shape index (κ3) is 3.56. The van der Waals surface area contributed by atoms with Crippen LogP contribution >= 0.6 is 0 Å². The first-order valence-corrected chi connectivity index (χ1v) is 7.50. The van der Waals surface area contributed by atoms with Crippen molar-refractivity contribution in [1.29, 1.82) is 0 Å². The topological polar surface area (TPSA) is 127 Å². The fraction of sp³-hybridized carbons (Fsp3) is 0.182. The number of aromatic amines is 1. The second kappa shape index (κ2) is 5.99. The number of nitrogens with one attached hydrogen (secondary N) is 2. The summed E-state index contributed by atoms with van der Waals surface area (Å²) < 4.78 is 68.4. The summed E-state index contributed by atoms with van der Waals surface area (Å²) >= 11 is 0. The fourth-order valence-corrected chi connectivity index (χ4v) is 2.81. The van der Waals surface area contributed by atoms with Crippen molar-refractivity contribution in [2.45, 2.75) is 11.1 Å². The maximum Gasteiger partial charge on any atom is 0.432 e. The van der Waals surface area contributed by atoms with Gasteiger partial charge in [-0.2, -0.15) is 13.2 Å². The van der Waals surface area contributed by atoms with Gasteiger partial charge in [0.2, 0.25) is 5.95 Å². The van der Waals surface area contributed by atoms with E-state index in [1.54, 1.807) is 9.71 Å². The number of hydrogen-bond donors (Lipinski definition) is 2. The normalized spacial score (nSPS) is 12.0. The standard InChI is InChI=1S/C11H9F3N4O5S/c1-23-7-4-6(18(19)20)2-3-8(7)24(21,22)17-10-15-5-9(16-10)11(12,13)14/h2-5H,1H3,(H2,15,16,17). The molecule has 130 valence electrons. The van der Waals surface area contributed by atoms with Crippen molar-refractivity contribution in [3.63, 3.8) is 0 Å². The van der Waals surface area contributed by atoms with Crippen LogP contribution in [0.15, 0.2) is 29.3 Å². The van der Waals surface area contributed by atoms with E-state index in [-0.39, 0.29) is 5.75 Å². The van der Waals surface area contributed by atoms with E-state index in [2.05, 4.69) is 4.98 Å². The lowest BCUT2D eigenvalue weighted by Crippen LogP contribution is -2.15. The van der Waals surface area contributed by atoms with Gasteiger partial charge in [0, 0.05) is 6.07 Å². The van der Waals surface area contributed by atoms with E-state index < -0.39 is 43.3 Å². The van der Waals surface area contributed by atoms with Crippen LogP contribution in [0.4, 0.5) is 24.8 Å². The predicted octanol–water partition coefficient (Wildman–Crippen LogP) is 2.15. The number of non-ortho nitro benzene ring substituents is 1. The minimum absolute atomic E-state index is 0.348. The molecule has 0 radical (unpaired) electrons. The minimum Gasteiger partial charge on any atom is -0.495 e. The van der Waals surface area contributed by atoms with Crippen molar-refractivity contribution in [2.75, 3.05) is 11.8 Å². The summed E-state index contributed by atoms with van der Waals surface area (Å²) in [6.45, 7) is 0. The van der Waals surface area contributed by atoms with Gasteiger partial charge in [0.1, 0.15) is 16.3 Å². The predicted molar refractivity (Wildman–Crippen MR) is 74.0 cm³/mol. The zero-order valence-corrected chi connectivity index (χ0v) is 12.6. The Morgan fingerprint density at radius 3 is 2.54 bits per heavy atom. The SMILES string of the molecule is COc1cc([N+](=O)[O-])ccc1S(=O)(=O)Nc1ncc(C(F)(F)F)[nH]1. The highest BCUT2D eigenvalue weighted by molar-refractivity contribution is 7.92. The number of nitrogens with zero attached hydrogens (tertiary/aromatic N) is 2. The molecular weight excluding hydrogens is 357 g/mol. The molecule has 2 rings (SSSR count). The first kappa shape index (κ1) is 17.5. The number of hydrogen-bond acceptors (Lipinski definition) is 6. The lowest BCUT2D eigenvalue weighted by molar-refractivity contribution is -0.385. The highest BCUT2D eigenvalue weighted by Gasteiger charge is 2.33. The van der Waals surface area contributed by atoms with Gasteiger partial charge in [-0.3, -0.25) is 10.1 Å². The maximum atomic E-state index is 12.5. The molecule has 2 N–H and O–H groups in total. The molecule has 0 bridgehead atoms. The van der Waals surface area contributed by atoms with Gasteiger partial charge in [0.25, 0.3) is 15.7 Å². The van der Waals surface area contributed by atoms with Gasteiger partial charge in [0.05, 0.1) is 24.3 Å². The van der Waals surface area contributed by atoms with Crippen LogP contribution in [-0.4, -0.2) is 30.4 Å². The highest BCUT2D eigenvalue weighted by Crippen LogP contribution is 2.31. The smallest absolute Gasteiger partial charge is 0.432 e. The quantitative estimate of drug-likeness (QED) is 0.616.